The van der Waals surface area contributed by atoms with Gasteiger partial charge >= 0.3 is 23.8 Å². The van der Waals surface area contributed by atoms with Crippen LogP contribution in [-0.2, 0) is 20.9 Å². The molecule has 10 nitrogen and oxygen atoms in total. The van der Waals surface area contributed by atoms with E-state index in [4.69, 9.17) is 26.2 Å². The molecule has 1 aromatic rings. The molecule has 0 unspecified atom stereocenters. The average molecular weight is 400 g/mol. The van der Waals surface area contributed by atoms with Crippen LogP contribution in [0.5, 0.6) is 11.5 Å². The summed E-state index contributed by atoms with van der Waals surface area (Å²) in [7, 11) is 2.89. The van der Waals surface area contributed by atoms with Crippen LogP contribution >= 0.6 is 11.6 Å². The molecule has 0 spiro atoms. The van der Waals surface area contributed by atoms with Crippen molar-refractivity contribution in [3.63, 3.8) is 0 Å². The Morgan fingerprint density at radius 2 is 1.89 bits per heavy atom. The van der Waals surface area contributed by atoms with Crippen molar-refractivity contribution < 1.29 is 33.8 Å². The molecule has 27 heavy (non-hydrogen) atoms. The number of carboxylic acid groups (broad SMARTS) is 1. The Labute approximate surface area is 159 Å². The number of carboxylic acids is 1. The van der Waals surface area contributed by atoms with Crippen molar-refractivity contribution in [1.29, 1.82) is 0 Å². The van der Waals surface area contributed by atoms with Crippen LogP contribution in [0.15, 0.2) is 12.1 Å². The van der Waals surface area contributed by atoms with Crippen LogP contribution in [0.3, 0.4) is 0 Å². The molecule has 1 aromatic carbocycles. The van der Waals surface area contributed by atoms with E-state index in [9.17, 15) is 19.2 Å². The van der Waals surface area contributed by atoms with Crippen molar-refractivity contribution in [2.45, 2.75) is 6.54 Å². The largest absolute Gasteiger partial charge is 0.493 e. The molecule has 146 valence electrons. The quantitative estimate of drug-likeness (QED) is 0.660. The molecule has 0 atom stereocenters. The van der Waals surface area contributed by atoms with Gasteiger partial charge in [-0.3, -0.25) is 19.3 Å². The highest BCUT2D eigenvalue weighted by atomic mass is 35.5. The monoisotopic (exact) mass is 399 g/mol. The fraction of sp³-hybridized carbons (Fsp3) is 0.375. The van der Waals surface area contributed by atoms with Crippen molar-refractivity contribution in [2.24, 2.45) is 0 Å². The van der Waals surface area contributed by atoms with Crippen LogP contribution in [0.4, 0.5) is 4.79 Å². The molecular formula is C16H18ClN3O7. The highest BCUT2D eigenvalue weighted by Gasteiger charge is 2.36. The van der Waals surface area contributed by atoms with E-state index in [2.05, 4.69) is 0 Å². The molecule has 1 fully saturated rings. The molecule has 1 heterocycles. The lowest BCUT2D eigenvalue weighted by Crippen LogP contribution is -2.58. The molecule has 11 heteroatoms. The Morgan fingerprint density at radius 3 is 2.48 bits per heavy atom. The summed E-state index contributed by atoms with van der Waals surface area (Å²) in [4.78, 5) is 48.7. The summed E-state index contributed by atoms with van der Waals surface area (Å²) in [6.45, 7) is -0.604. The summed E-state index contributed by atoms with van der Waals surface area (Å²) >= 11 is 6.29. The van der Waals surface area contributed by atoms with Crippen molar-refractivity contribution in [1.82, 2.24) is 15.1 Å². The summed E-state index contributed by atoms with van der Waals surface area (Å²) in [5.74, 6) is -2.46. The third-order valence-electron chi connectivity index (χ3n) is 3.87. The van der Waals surface area contributed by atoms with E-state index in [1.165, 1.54) is 19.1 Å². The van der Waals surface area contributed by atoms with Gasteiger partial charge < -0.3 is 24.8 Å². The van der Waals surface area contributed by atoms with Crippen LogP contribution in [0.2, 0.25) is 5.02 Å². The summed E-state index contributed by atoms with van der Waals surface area (Å²) in [5, 5.41) is 10.9. The van der Waals surface area contributed by atoms with Gasteiger partial charge in [0.1, 0.15) is 6.54 Å². The number of benzene rings is 1. The number of imide groups is 1. The van der Waals surface area contributed by atoms with Crippen molar-refractivity contribution in [3.8, 4) is 11.5 Å². The number of hydrogen-bond acceptors (Lipinski definition) is 6. The maximum atomic E-state index is 12.3. The molecule has 1 saturated heterocycles. The maximum Gasteiger partial charge on any atom is 0.325 e. The van der Waals surface area contributed by atoms with E-state index in [1.54, 1.807) is 12.1 Å². The number of rotatable bonds is 6. The minimum absolute atomic E-state index is 0.0361. The standard InChI is InChI=1S/C16H18ClN3O7/c1-26-10-4-3-9(12(17)13(10)27-2)8-19-5-6-20(15(24)14(19)23)16(25)18-7-11(21)22/h3-4H,5-8H2,1-2H3,(H,18,25)(H,21,22). The molecule has 0 bridgehead atoms. The van der Waals surface area contributed by atoms with Gasteiger partial charge in [0, 0.05) is 19.6 Å². The van der Waals surface area contributed by atoms with Crippen molar-refractivity contribution in [2.75, 3.05) is 33.9 Å². The maximum absolute atomic E-state index is 12.3. The number of nitrogens with one attached hydrogen (secondary N) is 1. The molecular weight excluding hydrogens is 382 g/mol. The lowest BCUT2D eigenvalue weighted by Gasteiger charge is -2.32. The number of halogens is 1. The third-order valence-corrected chi connectivity index (χ3v) is 4.29. The normalized spacial score (nSPS) is 14.2. The number of hydrogen-bond donors (Lipinski definition) is 2. The number of amides is 4. The predicted octanol–water partition coefficient (Wildman–Crippen LogP) is 0.322. The molecule has 0 aromatic heterocycles. The highest BCUT2D eigenvalue weighted by molar-refractivity contribution is 6.38. The number of piperazine rings is 1. The number of methoxy groups -OCH3 is 2. The molecule has 2 N–H and O–H groups in total. The van der Waals surface area contributed by atoms with Crippen LogP contribution < -0.4 is 14.8 Å². The fourth-order valence-corrected chi connectivity index (χ4v) is 2.82. The number of carbonyl (C=O) groups is 4. The summed E-state index contributed by atoms with van der Waals surface area (Å²) in [6, 6.07) is 2.34. The second-order valence-corrected chi connectivity index (χ2v) is 5.89. The van der Waals surface area contributed by atoms with E-state index >= 15 is 0 Å². The first kappa shape index (κ1) is 20.3. The van der Waals surface area contributed by atoms with Crippen molar-refractivity contribution in [3.05, 3.63) is 22.7 Å². The Hall–Kier alpha value is -3.01. The lowest BCUT2D eigenvalue weighted by atomic mass is 10.1. The first-order valence-electron chi connectivity index (χ1n) is 7.79. The fourth-order valence-electron chi connectivity index (χ4n) is 2.52. The van der Waals surface area contributed by atoms with Crippen LogP contribution in [0.1, 0.15) is 5.56 Å². The van der Waals surface area contributed by atoms with Gasteiger partial charge in [0.2, 0.25) is 0 Å². The Kier molecular flexibility index (Phi) is 6.45. The Morgan fingerprint density at radius 1 is 1.19 bits per heavy atom. The number of urea groups is 1. The first-order chi connectivity index (χ1) is 12.8. The van der Waals surface area contributed by atoms with Gasteiger partial charge in [0.15, 0.2) is 11.5 Å². The van der Waals surface area contributed by atoms with E-state index in [0.717, 1.165) is 0 Å². The smallest absolute Gasteiger partial charge is 0.325 e. The van der Waals surface area contributed by atoms with Gasteiger partial charge in [0.25, 0.3) is 0 Å². The number of aliphatic carboxylic acids is 1. The molecule has 0 saturated carbocycles. The van der Waals surface area contributed by atoms with Gasteiger partial charge in [0.05, 0.1) is 19.2 Å². The minimum atomic E-state index is -1.26. The van der Waals surface area contributed by atoms with Gasteiger partial charge in [-0.1, -0.05) is 17.7 Å². The highest BCUT2D eigenvalue weighted by Crippen LogP contribution is 2.37. The SMILES string of the molecule is COc1ccc(CN2CCN(C(=O)NCC(=O)O)C(=O)C2=O)c(Cl)c1OC. The zero-order chi connectivity index (χ0) is 20.1. The molecule has 1 aliphatic heterocycles. The molecule has 0 radical (unpaired) electrons. The van der Waals surface area contributed by atoms with Crippen LogP contribution in [-0.4, -0.2) is 72.6 Å². The third kappa shape index (κ3) is 4.40. The van der Waals surface area contributed by atoms with E-state index in [-0.39, 0.29) is 24.7 Å². The number of ether oxygens (including phenoxy) is 2. The van der Waals surface area contributed by atoms with Crippen LogP contribution in [0.25, 0.3) is 0 Å². The first-order valence-corrected chi connectivity index (χ1v) is 8.17. The predicted molar refractivity (Wildman–Crippen MR) is 92.7 cm³/mol. The molecule has 4 amide bonds. The molecule has 1 aliphatic rings. The van der Waals surface area contributed by atoms with Gasteiger partial charge in [-0.25, -0.2) is 4.79 Å². The Balaban J connectivity index is 2.11. The summed E-state index contributed by atoms with van der Waals surface area (Å²) in [5.41, 5.74) is 0.541. The summed E-state index contributed by atoms with van der Waals surface area (Å²) in [6.07, 6.45) is 0. The zero-order valence-corrected chi connectivity index (χ0v) is 15.4. The van der Waals surface area contributed by atoms with E-state index in [1.807, 2.05) is 5.32 Å². The minimum Gasteiger partial charge on any atom is -0.493 e. The zero-order valence-electron chi connectivity index (χ0n) is 14.7. The van der Waals surface area contributed by atoms with E-state index in [0.29, 0.717) is 22.0 Å². The van der Waals surface area contributed by atoms with Gasteiger partial charge in [-0.15, -0.1) is 0 Å². The number of carbonyl (C=O) groups excluding carboxylic acids is 3. The molecule has 2 rings (SSSR count). The van der Waals surface area contributed by atoms with Crippen molar-refractivity contribution >= 4 is 35.4 Å². The van der Waals surface area contributed by atoms with Crippen LogP contribution in [0, 0.1) is 0 Å². The van der Waals surface area contributed by atoms with E-state index < -0.39 is 30.4 Å². The topological polar surface area (TPSA) is 125 Å². The number of nitrogens with zero attached hydrogens (tertiary/aromatic N) is 2. The Bertz CT molecular complexity index is 784. The van der Waals surface area contributed by atoms with Gasteiger partial charge in [-0.05, 0) is 11.6 Å². The van der Waals surface area contributed by atoms with Gasteiger partial charge in [-0.2, -0.15) is 0 Å². The lowest BCUT2D eigenvalue weighted by molar-refractivity contribution is -0.154. The second kappa shape index (κ2) is 8.58. The summed E-state index contributed by atoms with van der Waals surface area (Å²) < 4.78 is 10.3. The molecule has 0 aliphatic carbocycles. The second-order valence-electron chi connectivity index (χ2n) is 5.51. The average Bonchev–Trinajstić information content (AvgIpc) is 2.64.